The van der Waals surface area contributed by atoms with Crippen LogP contribution >= 0.6 is 0 Å². The summed E-state index contributed by atoms with van der Waals surface area (Å²) >= 11 is 0. The molecule has 4 heterocycles. The fourth-order valence-corrected chi connectivity index (χ4v) is 3.36. The third-order valence-corrected chi connectivity index (χ3v) is 4.69. The largest absolute Gasteiger partial charge is 0.450 e. The minimum atomic E-state index is -0.928. The average molecular weight is 321 g/mol. The Labute approximate surface area is 133 Å². The number of hydrogen-bond acceptors (Lipinski definition) is 7. The molecule has 4 rings (SSSR count). The van der Waals surface area contributed by atoms with Gasteiger partial charge in [-0.05, 0) is 18.6 Å². The number of aliphatic hydroxyl groups excluding tert-OH is 1. The number of aromatic nitrogens is 1. The van der Waals surface area contributed by atoms with Crippen molar-refractivity contribution in [3.63, 3.8) is 0 Å². The smallest absolute Gasteiger partial charge is 0.340 e. The van der Waals surface area contributed by atoms with Gasteiger partial charge in [-0.25, -0.2) is 4.79 Å². The predicted octanol–water partition coefficient (Wildman–Crippen LogP) is 0.233. The lowest BCUT2D eigenvalue weighted by atomic mass is 9.90. The van der Waals surface area contributed by atoms with Gasteiger partial charge in [-0.2, -0.15) is 0 Å². The molecule has 0 radical (unpaired) electrons. The summed E-state index contributed by atoms with van der Waals surface area (Å²) in [6, 6.07) is 1.76. The highest BCUT2D eigenvalue weighted by Crippen LogP contribution is 2.42. The number of ether oxygens (including phenoxy) is 4. The van der Waals surface area contributed by atoms with E-state index in [1.807, 2.05) is 6.92 Å². The Morgan fingerprint density at radius 2 is 2.26 bits per heavy atom. The van der Waals surface area contributed by atoms with Crippen LogP contribution < -0.4 is 0 Å². The number of hydrogen-bond donors (Lipinski definition) is 1. The average Bonchev–Trinajstić information content (AvgIpc) is 3.15. The minimum Gasteiger partial charge on any atom is -0.450 e. The summed E-state index contributed by atoms with van der Waals surface area (Å²) in [6.45, 7) is 2.86. The van der Waals surface area contributed by atoms with Gasteiger partial charge in [-0.3, -0.25) is 4.98 Å². The Balaban J connectivity index is 1.59. The number of nitrogens with zero attached hydrogens (tertiary/aromatic N) is 1. The first-order valence-electron chi connectivity index (χ1n) is 7.76. The van der Waals surface area contributed by atoms with Gasteiger partial charge < -0.3 is 24.1 Å². The van der Waals surface area contributed by atoms with E-state index in [4.69, 9.17) is 18.9 Å². The van der Waals surface area contributed by atoms with E-state index in [0.29, 0.717) is 18.6 Å². The maximum Gasteiger partial charge on any atom is 0.340 e. The van der Waals surface area contributed by atoms with Crippen molar-refractivity contribution in [3.8, 4) is 0 Å². The molecule has 3 saturated heterocycles. The third kappa shape index (κ3) is 2.63. The van der Waals surface area contributed by atoms with Crippen LogP contribution in [0.4, 0.5) is 0 Å². The number of esters is 1. The van der Waals surface area contributed by atoms with E-state index in [0.717, 1.165) is 5.56 Å². The summed E-state index contributed by atoms with van der Waals surface area (Å²) < 4.78 is 22.5. The predicted molar refractivity (Wildman–Crippen MR) is 77.0 cm³/mol. The van der Waals surface area contributed by atoms with Crippen molar-refractivity contribution in [1.82, 2.24) is 4.98 Å². The van der Waals surface area contributed by atoms with Crippen molar-refractivity contribution < 1.29 is 28.8 Å². The first-order chi connectivity index (χ1) is 11.1. The van der Waals surface area contributed by atoms with Crippen LogP contribution in [0.3, 0.4) is 0 Å². The number of carbonyl (C=O) groups excluding carboxylic acids is 1. The van der Waals surface area contributed by atoms with Gasteiger partial charge in [0.2, 0.25) is 0 Å². The van der Waals surface area contributed by atoms with Crippen LogP contribution in [0.1, 0.15) is 22.3 Å². The quantitative estimate of drug-likeness (QED) is 0.627. The lowest BCUT2D eigenvalue weighted by molar-refractivity contribution is -0.0908. The van der Waals surface area contributed by atoms with Crippen molar-refractivity contribution in [1.29, 1.82) is 0 Å². The molecule has 5 atom stereocenters. The minimum absolute atomic E-state index is 0.0430. The van der Waals surface area contributed by atoms with Gasteiger partial charge in [-0.15, -0.1) is 0 Å². The van der Waals surface area contributed by atoms with Gasteiger partial charge >= 0.3 is 5.97 Å². The first-order valence-corrected chi connectivity index (χ1v) is 7.76. The van der Waals surface area contributed by atoms with Gasteiger partial charge in [0.25, 0.3) is 0 Å². The molecule has 7 heteroatoms. The molecule has 0 amide bonds. The van der Waals surface area contributed by atoms with Crippen LogP contribution in [-0.4, -0.2) is 65.9 Å². The Hall–Kier alpha value is -1.54. The van der Waals surface area contributed by atoms with Crippen molar-refractivity contribution in [2.24, 2.45) is 0 Å². The molecule has 1 unspecified atom stereocenters. The molecule has 0 aromatic carbocycles. The highest BCUT2D eigenvalue weighted by Gasteiger charge is 2.60. The number of pyridine rings is 1. The highest BCUT2D eigenvalue weighted by atomic mass is 16.7. The van der Waals surface area contributed by atoms with Gasteiger partial charge in [0.05, 0.1) is 31.5 Å². The van der Waals surface area contributed by atoms with Crippen LogP contribution in [-0.2, 0) is 18.9 Å². The number of aliphatic hydroxyl groups is 1. The number of carbonyl (C=O) groups is 1. The van der Waals surface area contributed by atoms with E-state index < -0.39 is 29.9 Å². The number of aryl methyl sites for hydroxylation is 1. The molecule has 3 fully saturated rings. The first kappa shape index (κ1) is 15.0. The van der Waals surface area contributed by atoms with E-state index >= 15 is 0 Å². The molecule has 0 saturated carbocycles. The summed E-state index contributed by atoms with van der Waals surface area (Å²) in [5, 5.41) is 9.94. The van der Waals surface area contributed by atoms with E-state index in [1.54, 1.807) is 12.3 Å². The van der Waals surface area contributed by atoms with Gasteiger partial charge in [0.1, 0.15) is 18.3 Å². The summed E-state index contributed by atoms with van der Waals surface area (Å²) in [5.74, 6) is -0.453. The fourth-order valence-electron chi connectivity index (χ4n) is 3.36. The van der Waals surface area contributed by atoms with E-state index in [9.17, 15) is 9.90 Å². The molecular formula is C16H19NO6. The molecule has 3 aliphatic heterocycles. The van der Waals surface area contributed by atoms with E-state index in [2.05, 4.69) is 4.98 Å². The Bertz CT molecular complexity index is 618. The Morgan fingerprint density at radius 3 is 3.00 bits per heavy atom. The van der Waals surface area contributed by atoms with Gasteiger partial charge in [-0.1, -0.05) is 0 Å². The Kier molecular flexibility index (Phi) is 3.60. The van der Waals surface area contributed by atoms with Gasteiger partial charge in [0, 0.05) is 18.8 Å². The zero-order valence-corrected chi connectivity index (χ0v) is 12.8. The molecule has 1 aromatic rings. The summed E-state index contributed by atoms with van der Waals surface area (Å²) in [4.78, 5) is 16.6. The molecular weight excluding hydrogens is 302 g/mol. The molecule has 1 aromatic heterocycles. The second kappa shape index (κ2) is 5.52. The van der Waals surface area contributed by atoms with Crippen molar-refractivity contribution >= 4 is 5.97 Å². The number of rotatable bonds is 4. The van der Waals surface area contributed by atoms with Crippen LogP contribution in [0.5, 0.6) is 0 Å². The van der Waals surface area contributed by atoms with Crippen LogP contribution in [0.2, 0.25) is 0 Å². The molecule has 1 N–H and O–H groups in total. The zero-order chi connectivity index (χ0) is 16.0. The lowest BCUT2D eigenvalue weighted by Gasteiger charge is -2.32. The standard InChI is InChI=1S/C16H19NO6/c1-9-2-3-17-5-11(9)15(19)23-16(4-10-6-20-10)8-22-13-12(18)7-21-14(13)16/h2-3,5,10,12-14,18H,4,6-8H2,1H3/t10?,12-,13-,14+,16+/m1/s1. The van der Waals surface area contributed by atoms with Gasteiger partial charge in [0.15, 0.2) is 5.60 Å². The van der Waals surface area contributed by atoms with Crippen LogP contribution in [0.15, 0.2) is 18.5 Å². The van der Waals surface area contributed by atoms with Crippen LogP contribution in [0.25, 0.3) is 0 Å². The monoisotopic (exact) mass is 321 g/mol. The summed E-state index contributed by atoms with van der Waals surface area (Å²) in [6.07, 6.45) is 2.05. The van der Waals surface area contributed by atoms with E-state index in [-0.39, 0.29) is 19.3 Å². The van der Waals surface area contributed by atoms with Crippen molar-refractivity contribution in [3.05, 3.63) is 29.6 Å². The maximum atomic E-state index is 12.6. The fraction of sp³-hybridized carbons (Fsp3) is 0.625. The molecule has 0 spiro atoms. The second-order valence-corrected chi connectivity index (χ2v) is 6.40. The van der Waals surface area contributed by atoms with E-state index in [1.165, 1.54) is 6.20 Å². The zero-order valence-electron chi connectivity index (χ0n) is 12.8. The third-order valence-electron chi connectivity index (χ3n) is 4.69. The molecule has 124 valence electrons. The van der Waals surface area contributed by atoms with Crippen LogP contribution in [0, 0.1) is 6.92 Å². The molecule has 0 bridgehead atoms. The topological polar surface area (TPSA) is 90.4 Å². The highest BCUT2D eigenvalue weighted by molar-refractivity contribution is 5.91. The maximum absolute atomic E-state index is 12.6. The molecule has 3 aliphatic rings. The Morgan fingerprint density at radius 1 is 1.43 bits per heavy atom. The molecule has 0 aliphatic carbocycles. The SMILES string of the molecule is Cc1ccncc1C(=O)O[C@@]1(CC2CO2)CO[C@@H]2[C@H](O)CO[C@@H]21. The number of epoxide rings is 1. The van der Waals surface area contributed by atoms with Crippen molar-refractivity contribution in [2.75, 3.05) is 19.8 Å². The molecule has 7 nitrogen and oxygen atoms in total. The van der Waals surface area contributed by atoms with Crippen molar-refractivity contribution in [2.45, 2.75) is 43.4 Å². The number of fused-ring (bicyclic) bond motifs is 1. The summed E-state index contributed by atoms with van der Waals surface area (Å²) in [7, 11) is 0. The normalized spacial score (nSPS) is 38.3. The molecule has 23 heavy (non-hydrogen) atoms. The summed E-state index contributed by atoms with van der Waals surface area (Å²) in [5.41, 5.74) is 0.291. The second-order valence-electron chi connectivity index (χ2n) is 6.40. The lowest BCUT2D eigenvalue weighted by Crippen LogP contribution is -2.48.